The molecule has 0 aromatic heterocycles. The Balaban J connectivity index is 4.08. The molecule has 0 atom stereocenters. The maximum absolute atomic E-state index is 2.44. The summed E-state index contributed by atoms with van der Waals surface area (Å²) >= 11 is 0. The molecule has 0 saturated carbocycles. The van der Waals surface area contributed by atoms with Crippen LogP contribution < -0.4 is 0 Å². The molecule has 0 fully saturated rings. The van der Waals surface area contributed by atoms with Crippen molar-refractivity contribution in [2.24, 2.45) is 0 Å². The van der Waals surface area contributed by atoms with E-state index in [-0.39, 0.29) is 0 Å². The van der Waals surface area contributed by atoms with E-state index in [4.69, 9.17) is 0 Å². The number of nitrogens with zero attached hydrogens (tertiary/aromatic N) is 2. The Morgan fingerprint density at radius 2 is 1.27 bits per heavy atom. The van der Waals surface area contributed by atoms with Crippen LogP contribution in [0.2, 0.25) is 0 Å². The summed E-state index contributed by atoms with van der Waals surface area (Å²) < 4.78 is 4.85. The van der Waals surface area contributed by atoms with Crippen LogP contribution in [-0.4, -0.2) is 33.3 Å². The van der Waals surface area contributed by atoms with E-state index in [9.17, 15) is 0 Å². The second kappa shape index (κ2) is 7.82. The number of rotatable bonds is 7. The lowest BCUT2D eigenvalue weighted by Crippen LogP contribution is -2.31. The first-order valence-corrected chi connectivity index (χ1v) is 7.86. The van der Waals surface area contributed by atoms with Crippen molar-refractivity contribution < 1.29 is 0 Å². The molecular weight excluding hydrogens is 224 g/mol. The van der Waals surface area contributed by atoms with Gasteiger partial charge in [-0.15, -0.1) is 0 Å². The summed E-state index contributed by atoms with van der Waals surface area (Å²) in [6.07, 6.45) is 0. The van der Waals surface area contributed by atoms with Crippen LogP contribution in [0.1, 0.15) is 48.5 Å². The van der Waals surface area contributed by atoms with E-state index in [0.29, 0.717) is 18.1 Å². The Kier molecular flexibility index (Phi) is 8.15. The van der Waals surface area contributed by atoms with Gasteiger partial charge in [0.15, 0.2) is 0 Å². The molecule has 0 unspecified atom stereocenters. The SMILES string of the molecule is CCN(SSN(C(C)C)C(C)C)C(C)C. The van der Waals surface area contributed by atoms with Gasteiger partial charge in [-0.1, -0.05) is 6.92 Å². The van der Waals surface area contributed by atoms with Crippen molar-refractivity contribution in [1.82, 2.24) is 8.61 Å². The first-order chi connectivity index (χ1) is 6.90. The summed E-state index contributed by atoms with van der Waals surface area (Å²) in [7, 11) is 3.74. The van der Waals surface area contributed by atoms with Gasteiger partial charge in [-0.25, -0.2) is 8.61 Å². The van der Waals surface area contributed by atoms with Crippen molar-refractivity contribution in [3.63, 3.8) is 0 Å². The molecule has 0 aliphatic heterocycles. The Morgan fingerprint density at radius 3 is 1.53 bits per heavy atom. The molecule has 0 aromatic carbocycles. The summed E-state index contributed by atoms with van der Waals surface area (Å²) in [4.78, 5) is 0. The van der Waals surface area contributed by atoms with Crippen LogP contribution in [0.25, 0.3) is 0 Å². The van der Waals surface area contributed by atoms with E-state index < -0.39 is 0 Å². The van der Waals surface area contributed by atoms with Gasteiger partial charge in [0.05, 0.1) is 0 Å². The van der Waals surface area contributed by atoms with Crippen molar-refractivity contribution >= 4 is 22.0 Å². The molecule has 0 aromatic rings. The standard InChI is InChI=1S/C11H26N2S2/c1-8-12(9(2)3)14-15-13(10(4)5)11(6)7/h9-11H,8H2,1-7H3. The Bertz CT molecular complexity index is 153. The molecular formula is C11H26N2S2. The summed E-state index contributed by atoms with van der Waals surface area (Å²) in [5.41, 5.74) is 0. The molecule has 15 heavy (non-hydrogen) atoms. The van der Waals surface area contributed by atoms with E-state index in [1.807, 2.05) is 22.0 Å². The monoisotopic (exact) mass is 250 g/mol. The molecule has 0 bridgehead atoms. The van der Waals surface area contributed by atoms with Crippen LogP contribution in [0.15, 0.2) is 0 Å². The second-order valence-corrected chi connectivity index (χ2v) is 6.61. The van der Waals surface area contributed by atoms with E-state index in [0.717, 1.165) is 6.54 Å². The van der Waals surface area contributed by atoms with Crippen LogP contribution in [-0.2, 0) is 0 Å². The number of hydrogen-bond acceptors (Lipinski definition) is 4. The Labute approximate surface area is 104 Å². The highest BCUT2D eigenvalue weighted by Crippen LogP contribution is 2.33. The van der Waals surface area contributed by atoms with Crippen molar-refractivity contribution in [3.05, 3.63) is 0 Å². The lowest BCUT2D eigenvalue weighted by molar-refractivity contribution is 0.338. The van der Waals surface area contributed by atoms with Gasteiger partial charge in [-0.2, -0.15) is 0 Å². The van der Waals surface area contributed by atoms with Gasteiger partial charge in [0.1, 0.15) is 0 Å². The molecule has 2 nitrogen and oxygen atoms in total. The largest absolute Gasteiger partial charge is 0.238 e. The average Bonchev–Trinajstić information content (AvgIpc) is 2.10. The van der Waals surface area contributed by atoms with Crippen LogP contribution in [0, 0.1) is 0 Å². The normalized spacial score (nSPS) is 12.8. The van der Waals surface area contributed by atoms with Crippen LogP contribution in [0.3, 0.4) is 0 Å². The molecule has 0 amide bonds. The quantitative estimate of drug-likeness (QED) is 0.496. The molecule has 0 rings (SSSR count). The zero-order valence-corrected chi connectivity index (χ0v) is 12.8. The van der Waals surface area contributed by atoms with Gasteiger partial charge in [0.2, 0.25) is 0 Å². The van der Waals surface area contributed by atoms with E-state index in [1.165, 1.54) is 0 Å². The Hall–Kier alpha value is 0.620. The molecule has 0 heterocycles. The van der Waals surface area contributed by atoms with Gasteiger partial charge >= 0.3 is 0 Å². The third-order valence-corrected chi connectivity index (χ3v) is 5.36. The van der Waals surface area contributed by atoms with Gasteiger partial charge in [0, 0.05) is 46.6 Å². The topological polar surface area (TPSA) is 6.48 Å². The minimum Gasteiger partial charge on any atom is -0.238 e. The van der Waals surface area contributed by atoms with E-state index >= 15 is 0 Å². The summed E-state index contributed by atoms with van der Waals surface area (Å²) in [5.74, 6) is 0. The van der Waals surface area contributed by atoms with Gasteiger partial charge < -0.3 is 0 Å². The minimum absolute atomic E-state index is 0.591. The lowest BCUT2D eigenvalue weighted by atomic mass is 10.3. The zero-order chi connectivity index (χ0) is 12.0. The summed E-state index contributed by atoms with van der Waals surface area (Å²) in [6, 6.07) is 1.79. The molecule has 0 aliphatic rings. The van der Waals surface area contributed by atoms with Crippen molar-refractivity contribution in [2.45, 2.75) is 66.6 Å². The highest BCUT2D eigenvalue weighted by atomic mass is 33.1. The molecule has 0 saturated heterocycles. The van der Waals surface area contributed by atoms with Gasteiger partial charge in [0.25, 0.3) is 0 Å². The summed E-state index contributed by atoms with van der Waals surface area (Å²) in [6.45, 7) is 16.8. The first-order valence-electron chi connectivity index (χ1n) is 5.79. The predicted octanol–water partition coefficient (Wildman–Crippen LogP) is 4.05. The molecule has 4 heteroatoms. The third kappa shape index (κ3) is 6.05. The predicted molar refractivity (Wildman–Crippen MR) is 74.8 cm³/mol. The van der Waals surface area contributed by atoms with E-state index in [2.05, 4.69) is 57.1 Å². The molecule has 0 N–H and O–H groups in total. The fourth-order valence-electron chi connectivity index (χ4n) is 1.35. The lowest BCUT2D eigenvalue weighted by Gasteiger charge is -2.31. The fraction of sp³-hybridized carbons (Fsp3) is 1.00. The molecule has 0 aliphatic carbocycles. The van der Waals surface area contributed by atoms with E-state index in [1.54, 1.807) is 0 Å². The van der Waals surface area contributed by atoms with Crippen LogP contribution in [0.5, 0.6) is 0 Å². The number of hydrogen-bond donors (Lipinski definition) is 0. The van der Waals surface area contributed by atoms with Gasteiger partial charge in [-0.3, -0.25) is 0 Å². The Morgan fingerprint density at radius 1 is 0.800 bits per heavy atom. The van der Waals surface area contributed by atoms with Crippen LogP contribution in [0.4, 0.5) is 0 Å². The maximum atomic E-state index is 2.44. The average molecular weight is 250 g/mol. The van der Waals surface area contributed by atoms with Crippen molar-refractivity contribution in [3.8, 4) is 0 Å². The second-order valence-electron chi connectivity index (χ2n) is 4.52. The molecule has 92 valence electrons. The minimum atomic E-state index is 0.591. The van der Waals surface area contributed by atoms with Crippen molar-refractivity contribution in [2.75, 3.05) is 6.54 Å². The van der Waals surface area contributed by atoms with Gasteiger partial charge in [-0.05, 0) is 41.5 Å². The summed E-state index contributed by atoms with van der Waals surface area (Å²) in [5, 5.41) is 0. The first kappa shape index (κ1) is 15.6. The fourth-order valence-corrected chi connectivity index (χ4v) is 4.49. The smallest absolute Gasteiger partial charge is 0.0157 e. The van der Waals surface area contributed by atoms with Crippen LogP contribution >= 0.6 is 22.0 Å². The molecule has 0 radical (unpaired) electrons. The zero-order valence-electron chi connectivity index (χ0n) is 11.2. The molecule has 0 spiro atoms. The highest BCUT2D eigenvalue weighted by Gasteiger charge is 2.17. The third-order valence-electron chi connectivity index (χ3n) is 2.12. The highest BCUT2D eigenvalue weighted by molar-refractivity contribution is 8.74. The maximum Gasteiger partial charge on any atom is 0.0157 e. The van der Waals surface area contributed by atoms with Crippen molar-refractivity contribution in [1.29, 1.82) is 0 Å².